The topological polar surface area (TPSA) is 70.7 Å². The van der Waals surface area contributed by atoms with Crippen molar-refractivity contribution in [1.29, 1.82) is 0 Å². The van der Waals surface area contributed by atoms with Gasteiger partial charge in [0, 0.05) is 24.0 Å². The Kier molecular flexibility index (Phi) is 4.56. The van der Waals surface area contributed by atoms with Crippen LogP contribution < -0.4 is 15.5 Å². The molecule has 130 valence electrons. The molecule has 0 aliphatic carbocycles. The summed E-state index contributed by atoms with van der Waals surface area (Å²) in [5.74, 6) is -0.925. The maximum absolute atomic E-state index is 13.8. The first kappa shape index (κ1) is 16.8. The minimum absolute atomic E-state index is 0.210. The van der Waals surface area contributed by atoms with Crippen molar-refractivity contribution >= 4 is 29.1 Å². The van der Waals surface area contributed by atoms with Gasteiger partial charge < -0.3 is 15.4 Å². The predicted molar refractivity (Wildman–Crippen MR) is 93.8 cm³/mol. The molecule has 0 spiro atoms. The summed E-state index contributed by atoms with van der Waals surface area (Å²) in [5.41, 5.74) is 2.56. The molecular weight excluding hydrogens is 325 g/mol. The van der Waals surface area contributed by atoms with Crippen LogP contribution in [0, 0.1) is 12.7 Å². The van der Waals surface area contributed by atoms with Gasteiger partial charge >= 0.3 is 6.09 Å². The minimum atomic E-state index is -0.500. The van der Waals surface area contributed by atoms with Crippen LogP contribution in [0.5, 0.6) is 0 Å². The molecular formula is C18H18FN3O3. The third kappa shape index (κ3) is 3.40. The van der Waals surface area contributed by atoms with Crippen molar-refractivity contribution in [3.05, 3.63) is 53.3 Å². The fraction of sp³-hybridized carbons (Fsp3) is 0.222. The molecule has 0 aromatic heterocycles. The number of halogens is 1. The van der Waals surface area contributed by atoms with Gasteiger partial charge in [-0.25, -0.2) is 9.18 Å². The molecule has 0 atom stereocenters. The molecule has 25 heavy (non-hydrogen) atoms. The number of ether oxygens (including phenoxy) is 1. The van der Waals surface area contributed by atoms with E-state index in [9.17, 15) is 14.0 Å². The van der Waals surface area contributed by atoms with Crippen LogP contribution in [-0.2, 0) is 4.74 Å². The molecule has 7 heteroatoms. The second-order valence-electron chi connectivity index (χ2n) is 5.66. The van der Waals surface area contributed by atoms with Crippen LogP contribution >= 0.6 is 0 Å². The van der Waals surface area contributed by atoms with Crippen molar-refractivity contribution in [1.82, 2.24) is 0 Å². The van der Waals surface area contributed by atoms with E-state index in [2.05, 4.69) is 10.6 Å². The predicted octanol–water partition coefficient (Wildman–Crippen LogP) is 3.38. The fourth-order valence-electron chi connectivity index (χ4n) is 2.59. The van der Waals surface area contributed by atoms with Crippen LogP contribution in [0.2, 0.25) is 0 Å². The van der Waals surface area contributed by atoms with E-state index in [0.29, 0.717) is 30.2 Å². The molecule has 6 nitrogen and oxygen atoms in total. The Bertz CT molecular complexity index is 838. The van der Waals surface area contributed by atoms with E-state index in [-0.39, 0.29) is 5.56 Å². The molecule has 3 rings (SSSR count). The number of carbonyl (C=O) groups is 2. The number of rotatable bonds is 4. The summed E-state index contributed by atoms with van der Waals surface area (Å²) < 4.78 is 18.8. The van der Waals surface area contributed by atoms with Crippen LogP contribution in [0.4, 0.5) is 26.2 Å². The van der Waals surface area contributed by atoms with Gasteiger partial charge in [-0.2, -0.15) is 0 Å². The van der Waals surface area contributed by atoms with Crippen LogP contribution in [0.25, 0.3) is 0 Å². The van der Waals surface area contributed by atoms with Gasteiger partial charge in [0.05, 0.1) is 12.2 Å². The number of benzene rings is 2. The Balaban J connectivity index is 1.83. The summed E-state index contributed by atoms with van der Waals surface area (Å²) in [5, 5.41) is 5.47. The number of carbonyl (C=O) groups excluding carboxylic acids is 2. The smallest absolute Gasteiger partial charge is 0.414 e. The maximum Gasteiger partial charge on any atom is 0.414 e. The lowest BCUT2D eigenvalue weighted by Gasteiger charge is -2.16. The van der Waals surface area contributed by atoms with Gasteiger partial charge in [0.25, 0.3) is 5.91 Å². The Labute approximate surface area is 144 Å². The zero-order valence-electron chi connectivity index (χ0n) is 13.9. The average Bonchev–Trinajstić information content (AvgIpc) is 3.02. The summed E-state index contributed by atoms with van der Waals surface area (Å²) >= 11 is 0. The molecule has 2 N–H and O–H groups in total. The van der Waals surface area contributed by atoms with E-state index in [4.69, 9.17) is 4.74 Å². The van der Waals surface area contributed by atoms with Gasteiger partial charge in [-0.1, -0.05) is 6.07 Å². The number of amides is 2. The van der Waals surface area contributed by atoms with E-state index in [1.807, 2.05) is 6.92 Å². The highest BCUT2D eigenvalue weighted by Crippen LogP contribution is 2.26. The summed E-state index contributed by atoms with van der Waals surface area (Å²) in [6, 6.07) is 9.53. The molecule has 2 amide bonds. The van der Waals surface area contributed by atoms with Crippen LogP contribution in [0.1, 0.15) is 15.9 Å². The molecule has 0 saturated carbocycles. The highest BCUT2D eigenvalue weighted by Gasteiger charge is 2.24. The standard InChI is InChI=1S/C18H18FN3O3/c1-11-3-5-13(22-7-8-25-18(22)24)10-16(11)21-17(23)12-4-6-15(20-2)14(19)9-12/h3-6,9-10,20H,7-8H2,1-2H3,(H,21,23). The number of nitrogens with one attached hydrogen (secondary N) is 2. The second kappa shape index (κ2) is 6.80. The largest absolute Gasteiger partial charge is 0.447 e. The number of hydrogen-bond donors (Lipinski definition) is 2. The first-order valence-electron chi connectivity index (χ1n) is 7.83. The van der Waals surface area contributed by atoms with Gasteiger partial charge in [-0.05, 0) is 42.8 Å². The quantitative estimate of drug-likeness (QED) is 0.893. The van der Waals surface area contributed by atoms with Crippen LogP contribution in [-0.4, -0.2) is 32.2 Å². The summed E-state index contributed by atoms with van der Waals surface area (Å²) in [6.45, 7) is 2.64. The molecule has 0 unspecified atom stereocenters. The monoisotopic (exact) mass is 343 g/mol. The summed E-state index contributed by atoms with van der Waals surface area (Å²) in [6.07, 6.45) is -0.411. The van der Waals surface area contributed by atoms with Crippen LogP contribution in [0.3, 0.4) is 0 Å². The summed E-state index contributed by atoms with van der Waals surface area (Å²) in [7, 11) is 1.61. The number of cyclic esters (lactones) is 1. The van der Waals surface area contributed by atoms with Crippen LogP contribution in [0.15, 0.2) is 36.4 Å². The molecule has 1 aliphatic heterocycles. The van der Waals surface area contributed by atoms with Crippen molar-refractivity contribution in [3.63, 3.8) is 0 Å². The van der Waals surface area contributed by atoms with Crippen molar-refractivity contribution in [2.45, 2.75) is 6.92 Å². The fourth-order valence-corrected chi connectivity index (χ4v) is 2.59. The van der Waals surface area contributed by atoms with E-state index >= 15 is 0 Å². The Morgan fingerprint density at radius 3 is 2.64 bits per heavy atom. The molecule has 1 heterocycles. The Morgan fingerprint density at radius 1 is 1.20 bits per heavy atom. The lowest BCUT2D eigenvalue weighted by atomic mass is 10.1. The van der Waals surface area contributed by atoms with Gasteiger partial charge in [-0.15, -0.1) is 0 Å². The zero-order valence-corrected chi connectivity index (χ0v) is 13.9. The molecule has 1 saturated heterocycles. The SMILES string of the molecule is CNc1ccc(C(=O)Nc2cc(N3CCOC3=O)ccc2C)cc1F. The number of anilines is 3. The molecule has 2 aromatic carbocycles. The molecule has 1 fully saturated rings. The average molecular weight is 343 g/mol. The number of nitrogens with zero attached hydrogens (tertiary/aromatic N) is 1. The van der Waals surface area contributed by atoms with E-state index in [1.54, 1.807) is 31.3 Å². The van der Waals surface area contributed by atoms with Crippen molar-refractivity contribution in [3.8, 4) is 0 Å². The van der Waals surface area contributed by atoms with Gasteiger partial charge in [-0.3, -0.25) is 9.69 Å². The zero-order chi connectivity index (χ0) is 18.0. The number of aryl methyl sites for hydroxylation is 1. The lowest BCUT2D eigenvalue weighted by molar-refractivity contribution is 0.102. The van der Waals surface area contributed by atoms with E-state index in [1.165, 1.54) is 17.0 Å². The Morgan fingerprint density at radius 2 is 2.00 bits per heavy atom. The first-order valence-corrected chi connectivity index (χ1v) is 7.83. The van der Waals surface area contributed by atoms with Crippen molar-refractivity contribution in [2.24, 2.45) is 0 Å². The first-order chi connectivity index (χ1) is 12.0. The second-order valence-corrected chi connectivity index (χ2v) is 5.66. The minimum Gasteiger partial charge on any atom is -0.447 e. The molecule has 2 aromatic rings. The maximum atomic E-state index is 13.8. The molecule has 1 aliphatic rings. The lowest BCUT2D eigenvalue weighted by Crippen LogP contribution is -2.23. The van der Waals surface area contributed by atoms with Gasteiger partial charge in [0.15, 0.2) is 0 Å². The van der Waals surface area contributed by atoms with E-state index < -0.39 is 17.8 Å². The van der Waals surface area contributed by atoms with E-state index in [0.717, 1.165) is 5.56 Å². The normalized spacial score (nSPS) is 13.6. The third-order valence-electron chi connectivity index (χ3n) is 4.04. The van der Waals surface area contributed by atoms with Gasteiger partial charge in [0.2, 0.25) is 0 Å². The summed E-state index contributed by atoms with van der Waals surface area (Å²) in [4.78, 5) is 25.6. The Hall–Kier alpha value is -3.09. The highest BCUT2D eigenvalue weighted by molar-refractivity contribution is 6.05. The third-order valence-corrected chi connectivity index (χ3v) is 4.04. The van der Waals surface area contributed by atoms with Gasteiger partial charge in [0.1, 0.15) is 12.4 Å². The molecule has 0 bridgehead atoms. The van der Waals surface area contributed by atoms with Crippen molar-refractivity contribution < 1.29 is 18.7 Å². The number of hydrogen-bond acceptors (Lipinski definition) is 4. The highest BCUT2D eigenvalue weighted by atomic mass is 19.1. The molecule has 0 radical (unpaired) electrons. The van der Waals surface area contributed by atoms with Crippen molar-refractivity contribution in [2.75, 3.05) is 35.7 Å².